The molecule has 1 saturated carbocycles. The Morgan fingerprint density at radius 2 is 2.12 bits per heavy atom. The van der Waals surface area contributed by atoms with Crippen molar-refractivity contribution in [2.24, 2.45) is 5.41 Å². The van der Waals surface area contributed by atoms with Crippen LogP contribution in [0.4, 0.5) is 0 Å². The Morgan fingerprint density at radius 3 is 2.65 bits per heavy atom. The van der Waals surface area contributed by atoms with Crippen LogP contribution in [0.15, 0.2) is 17.5 Å². The van der Waals surface area contributed by atoms with E-state index < -0.39 is 0 Å². The quantitative estimate of drug-likeness (QED) is 0.789. The van der Waals surface area contributed by atoms with Gasteiger partial charge in [-0.15, -0.1) is 11.3 Å². The normalized spacial score (nSPS) is 26.8. The summed E-state index contributed by atoms with van der Waals surface area (Å²) in [6, 6.07) is 5.26. The van der Waals surface area contributed by atoms with E-state index in [1.807, 2.05) is 11.3 Å². The molecule has 1 aromatic heterocycles. The van der Waals surface area contributed by atoms with Gasteiger partial charge in [0.15, 0.2) is 0 Å². The fraction of sp³-hybridized carbons (Fsp3) is 0.733. The second-order valence-corrected chi connectivity index (χ2v) is 6.23. The number of hydrogen-bond donors (Lipinski definition) is 1. The highest BCUT2D eigenvalue weighted by atomic mass is 32.1. The van der Waals surface area contributed by atoms with Crippen LogP contribution >= 0.6 is 11.3 Å². The average Bonchev–Trinajstić information content (AvgIpc) is 2.83. The van der Waals surface area contributed by atoms with Crippen molar-refractivity contribution in [3.05, 3.63) is 22.4 Å². The number of hydrogen-bond acceptors (Lipinski definition) is 2. The molecule has 1 heterocycles. The zero-order chi connectivity index (χ0) is 12.3. The van der Waals surface area contributed by atoms with E-state index in [9.17, 15) is 0 Å². The van der Waals surface area contributed by atoms with E-state index >= 15 is 0 Å². The van der Waals surface area contributed by atoms with Crippen LogP contribution in [0.2, 0.25) is 0 Å². The predicted octanol–water partition coefficient (Wildman–Crippen LogP) is 4.41. The Labute approximate surface area is 110 Å². The summed E-state index contributed by atoms with van der Waals surface area (Å²) in [7, 11) is 0. The van der Waals surface area contributed by atoms with Gasteiger partial charge in [0.1, 0.15) is 0 Å². The van der Waals surface area contributed by atoms with Gasteiger partial charge < -0.3 is 5.32 Å². The molecule has 1 aliphatic carbocycles. The van der Waals surface area contributed by atoms with Crippen LogP contribution in [0.3, 0.4) is 0 Å². The first-order valence-corrected chi connectivity index (χ1v) is 7.93. The number of rotatable bonds is 6. The lowest BCUT2D eigenvalue weighted by Crippen LogP contribution is -2.58. The summed E-state index contributed by atoms with van der Waals surface area (Å²) >= 11 is 1.94. The minimum atomic E-state index is 0.514. The summed E-state index contributed by atoms with van der Waals surface area (Å²) in [5.74, 6) is 0.798. The first kappa shape index (κ1) is 13.1. The van der Waals surface area contributed by atoms with Crippen LogP contribution in [0.25, 0.3) is 0 Å². The summed E-state index contributed by atoms with van der Waals surface area (Å²) in [5, 5.41) is 5.98. The fourth-order valence-corrected chi connectivity index (χ4v) is 4.48. The lowest BCUT2D eigenvalue weighted by Gasteiger charge is -2.56. The second kappa shape index (κ2) is 5.53. The van der Waals surface area contributed by atoms with E-state index in [1.165, 1.54) is 32.2 Å². The summed E-state index contributed by atoms with van der Waals surface area (Å²) < 4.78 is 0. The SMILES string of the molecule is CCCNC1CC(c2cccs2)C1(CC)CC. The van der Waals surface area contributed by atoms with E-state index in [0.29, 0.717) is 5.41 Å². The van der Waals surface area contributed by atoms with Crippen LogP contribution < -0.4 is 5.32 Å². The highest BCUT2D eigenvalue weighted by molar-refractivity contribution is 7.10. The first-order valence-electron chi connectivity index (χ1n) is 7.05. The van der Waals surface area contributed by atoms with Gasteiger partial charge >= 0.3 is 0 Å². The Balaban J connectivity index is 2.10. The van der Waals surface area contributed by atoms with Gasteiger partial charge in [0.05, 0.1) is 0 Å². The lowest BCUT2D eigenvalue weighted by atomic mass is 9.53. The highest BCUT2D eigenvalue weighted by Crippen LogP contribution is 2.58. The molecule has 1 nitrogen and oxygen atoms in total. The van der Waals surface area contributed by atoms with Gasteiger partial charge in [-0.05, 0) is 49.1 Å². The minimum absolute atomic E-state index is 0.514. The van der Waals surface area contributed by atoms with Crippen molar-refractivity contribution < 1.29 is 0 Å². The molecule has 0 bridgehead atoms. The van der Waals surface area contributed by atoms with Crippen LogP contribution in [0.5, 0.6) is 0 Å². The standard InChI is InChI=1S/C15H25NS/c1-4-9-16-14-11-12(13-8-7-10-17-13)15(14,5-2)6-3/h7-8,10,12,14,16H,4-6,9,11H2,1-3H3. The third-order valence-corrected chi connectivity index (χ3v) is 5.69. The molecule has 17 heavy (non-hydrogen) atoms. The largest absolute Gasteiger partial charge is 0.313 e. The maximum atomic E-state index is 3.76. The third kappa shape index (κ3) is 2.17. The van der Waals surface area contributed by atoms with Crippen LogP contribution in [-0.4, -0.2) is 12.6 Å². The predicted molar refractivity (Wildman–Crippen MR) is 76.8 cm³/mol. The number of nitrogens with one attached hydrogen (secondary N) is 1. The zero-order valence-electron chi connectivity index (χ0n) is 11.3. The van der Waals surface area contributed by atoms with E-state index in [4.69, 9.17) is 0 Å². The molecular weight excluding hydrogens is 226 g/mol. The van der Waals surface area contributed by atoms with Gasteiger partial charge in [0.2, 0.25) is 0 Å². The third-order valence-electron chi connectivity index (χ3n) is 4.70. The van der Waals surface area contributed by atoms with Crippen LogP contribution in [-0.2, 0) is 0 Å². The first-order chi connectivity index (χ1) is 8.28. The maximum absolute atomic E-state index is 3.76. The van der Waals surface area contributed by atoms with Crippen molar-refractivity contribution in [2.45, 2.75) is 58.4 Å². The molecule has 96 valence electrons. The molecule has 2 unspecified atom stereocenters. The van der Waals surface area contributed by atoms with Gasteiger partial charge in [-0.3, -0.25) is 0 Å². The molecule has 0 saturated heterocycles. The molecule has 1 aliphatic rings. The van der Waals surface area contributed by atoms with Gasteiger partial charge in [-0.25, -0.2) is 0 Å². The monoisotopic (exact) mass is 251 g/mol. The Kier molecular flexibility index (Phi) is 4.26. The molecular formula is C15H25NS. The second-order valence-electron chi connectivity index (χ2n) is 5.25. The lowest BCUT2D eigenvalue weighted by molar-refractivity contribution is 0.0220. The van der Waals surface area contributed by atoms with E-state index in [-0.39, 0.29) is 0 Å². The molecule has 0 aromatic carbocycles. The minimum Gasteiger partial charge on any atom is -0.313 e. The van der Waals surface area contributed by atoms with Gasteiger partial charge in [-0.2, -0.15) is 0 Å². The molecule has 0 amide bonds. The molecule has 1 fully saturated rings. The summed E-state index contributed by atoms with van der Waals surface area (Å²) in [6.45, 7) is 8.15. The zero-order valence-corrected chi connectivity index (χ0v) is 12.1. The van der Waals surface area contributed by atoms with Crippen LogP contribution in [0, 0.1) is 5.41 Å². The molecule has 0 spiro atoms. The highest BCUT2D eigenvalue weighted by Gasteiger charge is 2.52. The maximum Gasteiger partial charge on any atom is 0.0136 e. The number of thiophene rings is 1. The van der Waals surface area contributed by atoms with Crippen molar-refractivity contribution in [1.82, 2.24) is 5.32 Å². The molecule has 1 aromatic rings. The van der Waals surface area contributed by atoms with Crippen molar-refractivity contribution in [1.29, 1.82) is 0 Å². The molecule has 2 rings (SSSR count). The van der Waals surface area contributed by atoms with Crippen molar-refractivity contribution in [2.75, 3.05) is 6.54 Å². The molecule has 0 aliphatic heterocycles. The van der Waals surface area contributed by atoms with Crippen molar-refractivity contribution >= 4 is 11.3 Å². The molecule has 2 atom stereocenters. The fourth-order valence-electron chi connectivity index (χ4n) is 3.52. The topological polar surface area (TPSA) is 12.0 Å². The Hall–Kier alpha value is -0.340. The van der Waals surface area contributed by atoms with Crippen molar-refractivity contribution in [3.63, 3.8) is 0 Å². The molecule has 1 N–H and O–H groups in total. The van der Waals surface area contributed by atoms with Gasteiger partial charge in [-0.1, -0.05) is 26.8 Å². The summed E-state index contributed by atoms with van der Waals surface area (Å²) in [4.78, 5) is 1.60. The van der Waals surface area contributed by atoms with E-state index in [0.717, 1.165) is 12.0 Å². The van der Waals surface area contributed by atoms with Crippen molar-refractivity contribution in [3.8, 4) is 0 Å². The van der Waals surface area contributed by atoms with E-state index in [1.54, 1.807) is 4.88 Å². The summed E-state index contributed by atoms with van der Waals surface area (Å²) in [6.07, 6.45) is 5.17. The Morgan fingerprint density at radius 1 is 1.35 bits per heavy atom. The summed E-state index contributed by atoms with van der Waals surface area (Å²) in [5.41, 5.74) is 0.514. The molecule has 0 radical (unpaired) electrons. The van der Waals surface area contributed by atoms with Gasteiger partial charge in [0.25, 0.3) is 0 Å². The van der Waals surface area contributed by atoms with E-state index in [2.05, 4.69) is 43.6 Å². The average molecular weight is 251 g/mol. The molecule has 2 heteroatoms. The smallest absolute Gasteiger partial charge is 0.0136 e. The Bertz CT molecular complexity index is 327. The van der Waals surface area contributed by atoms with Gasteiger partial charge in [0, 0.05) is 16.8 Å². The van der Waals surface area contributed by atoms with Crippen LogP contribution in [0.1, 0.15) is 57.2 Å².